The van der Waals surface area contributed by atoms with Crippen molar-refractivity contribution in [2.75, 3.05) is 5.75 Å². The maximum Gasteiger partial charge on any atom is 0.253 e. The van der Waals surface area contributed by atoms with Crippen LogP contribution in [-0.2, 0) is 6.42 Å². The molecule has 0 aliphatic heterocycles. The maximum absolute atomic E-state index is 12.0. The van der Waals surface area contributed by atoms with Crippen LogP contribution in [0.5, 0.6) is 0 Å². The molecule has 0 saturated carbocycles. The predicted molar refractivity (Wildman–Crippen MR) is 69.0 cm³/mol. The summed E-state index contributed by atoms with van der Waals surface area (Å²) in [5.41, 5.74) is 1.57. The molecule has 6 heteroatoms. The first kappa shape index (κ1) is 11.6. The van der Waals surface area contributed by atoms with Crippen molar-refractivity contribution in [1.29, 1.82) is 0 Å². The molecule has 1 aliphatic rings. The fourth-order valence-electron chi connectivity index (χ4n) is 2.24. The minimum atomic E-state index is 0.165. The van der Waals surface area contributed by atoms with E-state index in [9.17, 15) is 4.79 Å². The summed E-state index contributed by atoms with van der Waals surface area (Å²) in [7, 11) is 0. The van der Waals surface area contributed by atoms with Gasteiger partial charge < -0.3 is 0 Å². The summed E-state index contributed by atoms with van der Waals surface area (Å²) in [5, 5.41) is 5.03. The van der Waals surface area contributed by atoms with E-state index in [1.807, 2.05) is 0 Å². The number of carbonyl (C=O) groups excluding carboxylic acids is 1. The van der Waals surface area contributed by atoms with Gasteiger partial charge in [-0.2, -0.15) is 4.98 Å². The monoisotopic (exact) mass is 262 g/mol. The average molecular weight is 262 g/mol. The number of hydrogen-bond donors (Lipinski definition) is 0. The number of rotatable bonds is 2. The Labute approximate surface area is 109 Å². The molecular weight excluding hydrogens is 248 g/mol. The standard InChI is InChI=1S/C12H14N4OS/c1-3-18-12-14-11-13-9-4-7(2)5-10(17)8(9)6-16(11)15-12/h6-7H,3-5H2,1-2H3/t7-/m0/s1. The first-order valence-electron chi connectivity index (χ1n) is 6.09. The van der Waals surface area contributed by atoms with Crippen LogP contribution >= 0.6 is 11.8 Å². The van der Waals surface area contributed by atoms with Gasteiger partial charge in [-0.25, -0.2) is 9.50 Å². The number of hydrogen-bond acceptors (Lipinski definition) is 5. The van der Waals surface area contributed by atoms with Gasteiger partial charge in [-0.1, -0.05) is 25.6 Å². The number of nitrogens with zero attached hydrogens (tertiary/aromatic N) is 4. The van der Waals surface area contributed by atoms with E-state index in [1.165, 1.54) is 0 Å². The first-order valence-corrected chi connectivity index (χ1v) is 7.08. The highest BCUT2D eigenvalue weighted by atomic mass is 32.2. The molecule has 1 atom stereocenters. The van der Waals surface area contributed by atoms with E-state index in [-0.39, 0.29) is 5.78 Å². The van der Waals surface area contributed by atoms with Crippen molar-refractivity contribution >= 4 is 23.3 Å². The number of Topliss-reactive ketones (excluding diaryl/α,β-unsaturated/α-hetero) is 1. The van der Waals surface area contributed by atoms with E-state index >= 15 is 0 Å². The van der Waals surface area contributed by atoms with Crippen LogP contribution in [0.2, 0.25) is 0 Å². The van der Waals surface area contributed by atoms with E-state index in [0.717, 1.165) is 17.9 Å². The quantitative estimate of drug-likeness (QED) is 0.775. The van der Waals surface area contributed by atoms with Crippen molar-refractivity contribution in [2.45, 2.75) is 31.8 Å². The van der Waals surface area contributed by atoms with Crippen LogP contribution in [0.3, 0.4) is 0 Å². The summed E-state index contributed by atoms with van der Waals surface area (Å²) in [6.07, 6.45) is 3.23. The van der Waals surface area contributed by atoms with E-state index in [2.05, 4.69) is 28.9 Å². The molecule has 0 amide bonds. The Hall–Kier alpha value is -1.43. The summed E-state index contributed by atoms with van der Waals surface area (Å²) >= 11 is 1.58. The van der Waals surface area contributed by atoms with Gasteiger partial charge in [-0.15, -0.1) is 5.10 Å². The third-order valence-corrected chi connectivity index (χ3v) is 3.76. The minimum Gasteiger partial charge on any atom is -0.294 e. The van der Waals surface area contributed by atoms with E-state index in [1.54, 1.807) is 22.5 Å². The molecule has 0 saturated heterocycles. The highest BCUT2D eigenvalue weighted by molar-refractivity contribution is 7.99. The van der Waals surface area contributed by atoms with E-state index in [4.69, 9.17) is 0 Å². The number of ketones is 1. The van der Waals surface area contributed by atoms with Gasteiger partial charge in [0.2, 0.25) is 5.16 Å². The van der Waals surface area contributed by atoms with Gasteiger partial charge in [-0.05, 0) is 18.1 Å². The average Bonchev–Trinajstić information content (AvgIpc) is 2.68. The van der Waals surface area contributed by atoms with Crippen LogP contribution in [0.25, 0.3) is 5.78 Å². The highest BCUT2D eigenvalue weighted by Gasteiger charge is 2.25. The number of fused-ring (bicyclic) bond motifs is 2. The molecule has 2 aromatic heterocycles. The van der Waals surface area contributed by atoms with Crippen LogP contribution in [0.4, 0.5) is 0 Å². The molecule has 0 bridgehead atoms. The summed E-state index contributed by atoms with van der Waals surface area (Å²) in [4.78, 5) is 20.8. The van der Waals surface area contributed by atoms with Crippen molar-refractivity contribution in [2.24, 2.45) is 5.92 Å². The van der Waals surface area contributed by atoms with Crippen molar-refractivity contribution in [1.82, 2.24) is 19.6 Å². The molecular formula is C12H14N4OS. The molecule has 0 unspecified atom stereocenters. The number of aromatic nitrogens is 4. The fourth-order valence-corrected chi connectivity index (χ4v) is 2.79. The lowest BCUT2D eigenvalue weighted by molar-refractivity contribution is 0.0951. The number of thioether (sulfide) groups is 1. The molecule has 0 fully saturated rings. The Bertz CT molecular complexity index is 622. The van der Waals surface area contributed by atoms with Gasteiger partial charge in [0, 0.05) is 12.6 Å². The summed E-state index contributed by atoms with van der Waals surface area (Å²) in [5.74, 6) is 2.05. The lowest BCUT2D eigenvalue weighted by Crippen LogP contribution is -2.20. The third kappa shape index (κ3) is 1.90. The van der Waals surface area contributed by atoms with Crippen molar-refractivity contribution in [3.63, 3.8) is 0 Å². The molecule has 1 aliphatic carbocycles. The second kappa shape index (κ2) is 4.35. The van der Waals surface area contributed by atoms with Crippen LogP contribution in [0.15, 0.2) is 11.4 Å². The number of carbonyl (C=O) groups is 1. The van der Waals surface area contributed by atoms with E-state index in [0.29, 0.717) is 28.8 Å². The van der Waals surface area contributed by atoms with Gasteiger partial charge in [0.15, 0.2) is 5.78 Å². The zero-order valence-corrected chi connectivity index (χ0v) is 11.2. The smallest absolute Gasteiger partial charge is 0.253 e. The summed E-state index contributed by atoms with van der Waals surface area (Å²) in [6.45, 7) is 4.13. The molecule has 0 spiro atoms. The Morgan fingerprint density at radius 1 is 1.44 bits per heavy atom. The Kier molecular flexibility index (Phi) is 2.81. The second-order valence-corrected chi connectivity index (χ2v) is 5.84. The lowest BCUT2D eigenvalue weighted by Gasteiger charge is -2.18. The molecule has 5 nitrogen and oxygen atoms in total. The van der Waals surface area contributed by atoms with Gasteiger partial charge >= 0.3 is 0 Å². The summed E-state index contributed by atoms with van der Waals surface area (Å²) in [6, 6.07) is 0. The molecule has 2 aromatic rings. The van der Waals surface area contributed by atoms with Gasteiger partial charge in [-0.3, -0.25) is 4.79 Å². The van der Waals surface area contributed by atoms with Gasteiger partial charge in [0.25, 0.3) is 5.78 Å². The Balaban J connectivity index is 2.12. The van der Waals surface area contributed by atoms with Gasteiger partial charge in [0.1, 0.15) is 0 Å². The zero-order chi connectivity index (χ0) is 12.7. The van der Waals surface area contributed by atoms with Crippen molar-refractivity contribution in [3.8, 4) is 0 Å². The van der Waals surface area contributed by atoms with Crippen LogP contribution in [0.1, 0.15) is 36.3 Å². The van der Waals surface area contributed by atoms with Crippen LogP contribution in [0, 0.1) is 5.92 Å². The topological polar surface area (TPSA) is 60.1 Å². The largest absolute Gasteiger partial charge is 0.294 e. The van der Waals surface area contributed by atoms with Crippen LogP contribution in [-0.4, -0.2) is 31.1 Å². The van der Waals surface area contributed by atoms with Crippen LogP contribution < -0.4 is 0 Å². The Morgan fingerprint density at radius 3 is 3.06 bits per heavy atom. The Morgan fingerprint density at radius 2 is 2.28 bits per heavy atom. The van der Waals surface area contributed by atoms with Crippen molar-refractivity contribution < 1.29 is 4.79 Å². The van der Waals surface area contributed by atoms with Crippen molar-refractivity contribution in [3.05, 3.63) is 17.5 Å². The molecule has 18 heavy (non-hydrogen) atoms. The first-order chi connectivity index (χ1) is 8.67. The fraction of sp³-hybridized carbons (Fsp3) is 0.500. The lowest BCUT2D eigenvalue weighted by atomic mass is 9.88. The normalized spacial score (nSPS) is 19.2. The zero-order valence-electron chi connectivity index (χ0n) is 10.4. The SMILES string of the molecule is CCSc1nc2nc3c(cn2n1)C(=O)C[C@@H](C)C3. The highest BCUT2D eigenvalue weighted by Crippen LogP contribution is 2.24. The maximum atomic E-state index is 12.0. The molecule has 2 heterocycles. The second-order valence-electron chi connectivity index (χ2n) is 4.61. The predicted octanol–water partition coefficient (Wildman–Crippen LogP) is 2.00. The molecule has 3 rings (SSSR count). The van der Waals surface area contributed by atoms with Gasteiger partial charge in [0.05, 0.1) is 11.3 Å². The molecule has 0 aromatic carbocycles. The molecule has 0 N–H and O–H groups in total. The third-order valence-electron chi connectivity index (χ3n) is 3.04. The summed E-state index contributed by atoms with van der Waals surface area (Å²) < 4.78 is 1.62. The molecule has 0 radical (unpaired) electrons. The van der Waals surface area contributed by atoms with E-state index < -0.39 is 0 Å². The minimum absolute atomic E-state index is 0.165. The molecule has 94 valence electrons.